The fourth-order valence-electron chi connectivity index (χ4n) is 3.83. The zero-order valence-corrected chi connectivity index (χ0v) is 20.6. The van der Waals surface area contributed by atoms with Gasteiger partial charge >= 0.3 is 12.1 Å². The summed E-state index contributed by atoms with van der Waals surface area (Å²) in [6.07, 6.45) is -5.86. The maximum Gasteiger partial charge on any atom is 0.416 e. The average Bonchev–Trinajstić information content (AvgIpc) is 2.81. The number of alkyl halides is 3. The third kappa shape index (κ3) is 5.40. The van der Waals surface area contributed by atoms with Gasteiger partial charge in [-0.2, -0.15) is 13.2 Å². The van der Waals surface area contributed by atoms with Crippen molar-refractivity contribution in [2.45, 2.75) is 30.0 Å². The standard InChI is InChI=1S/C24H18Cl2F3NO5S/c25-16-5-7-19(20(26)12-16)14-4-8-22-21(10-14)30(13-17(35-22)6-9-23(31)32)36(33,34)18-3-1-2-15(11-18)24(27,28)29/h1-5,7-8,10-12,17H,6,9,13H2,(H,31,32)/t17-/m0/s1. The summed E-state index contributed by atoms with van der Waals surface area (Å²) >= 11 is 12.3. The van der Waals surface area contributed by atoms with Crippen LogP contribution < -0.4 is 9.04 Å². The van der Waals surface area contributed by atoms with Crippen molar-refractivity contribution in [2.75, 3.05) is 10.8 Å². The van der Waals surface area contributed by atoms with Gasteiger partial charge in [0.15, 0.2) is 0 Å². The molecule has 4 rings (SSSR count). The number of hydrogen-bond donors (Lipinski definition) is 1. The highest BCUT2D eigenvalue weighted by atomic mass is 35.5. The van der Waals surface area contributed by atoms with Gasteiger partial charge in [-0.15, -0.1) is 0 Å². The lowest BCUT2D eigenvalue weighted by atomic mass is 10.0. The van der Waals surface area contributed by atoms with Crippen LogP contribution in [0, 0.1) is 0 Å². The predicted octanol–water partition coefficient (Wildman–Crippen LogP) is 6.50. The molecule has 12 heteroatoms. The Balaban J connectivity index is 1.82. The fraction of sp³-hybridized carbons (Fsp3) is 0.208. The first kappa shape index (κ1) is 26.1. The lowest BCUT2D eigenvalue weighted by Crippen LogP contribution is -2.43. The average molecular weight is 560 g/mol. The molecule has 0 fully saturated rings. The smallest absolute Gasteiger partial charge is 0.416 e. The van der Waals surface area contributed by atoms with E-state index in [1.54, 1.807) is 18.2 Å². The van der Waals surface area contributed by atoms with Gasteiger partial charge in [-0.25, -0.2) is 8.42 Å². The summed E-state index contributed by atoms with van der Waals surface area (Å²) in [5, 5.41) is 9.76. The Hall–Kier alpha value is -2.95. The molecule has 0 saturated heterocycles. The monoisotopic (exact) mass is 559 g/mol. The third-order valence-corrected chi connectivity index (χ3v) is 7.89. The molecule has 1 aliphatic rings. The van der Waals surface area contributed by atoms with Crippen molar-refractivity contribution in [1.29, 1.82) is 0 Å². The van der Waals surface area contributed by atoms with Crippen molar-refractivity contribution < 1.29 is 36.2 Å². The SMILES string of the molecule is O=C(O)CC[C@H]1CN(S(=O)(=O)c2cccc(C(F)(F)F)c2)c2cc(-c3ccc(Cl)cc3Cl)ccc2O1. The van der Waals surface area contributed by atoms with Gasteiger partial charge in [-0.05, 0) is 54.4 Å². The topological polar surface area (TPSA) is 83.9 Å². The first-order valence-electron chi connectivity index (χ1n) is 10.5. The second-order valence-corrected chi connectivity index (χ2v) is 10.7. The number of sulfonamides is 1. The highest BCUT2D eigenvalue weighted by molar-refractivity contribution is 7.92. The minimum absolute atomic E-state index is 0.00581. The van der Waals surface area contributed by atoms with Crippen LogP contribution in [0.25, 0.3) is 11.1 Å². The van der Waals surface area contributed by atoms with E-state index in [4.69, 9.17) is 33.0 Å². The van der Waals surface area contributed by atoms with Gasteiger partial charge in [0.2, 0.25) is 0 Å². The number of halogens is 5. The first-order chi connectivity index (χ1) is 16.9. The van der Waals surface area contributed by atoms with E-state index in [1.807, 2.05) is 0 Å². The van der Waals surface area contributed by atoms with Crippen LogP contribution in [0.5, 0.6) is 5.75 Å². The molecular weight excluding hydrogens is 542 g/mol. The molecule has 1 N–H and O–H groups in total. The van der Waals surface area contributed by atoms with E-state index in [2.05, 4.69) is 0 Å². The summed E-state index contributed by atoms with van der Waals surface area (Å²) in [5.74, 6) is -0.953. The Morgan fingerprint density at radius 3 is 2.50 bits per heavy atom. The van der Waals surface area contributed by atoms with E-state index in [-0.39, 0.29) is 30.8 Å². The van der Waals surface area contributed by atoms with Crippen molar-refractivity contribution in [3.05, 3.63) is 76.3 Å². The van der Waals surface area contributed by atoms with Gasteiger partial charge in [0, 0.05) is 22.0 Å². The Kier molecular flexibility index (Phi) is 7.14. The number of benzene rings is 3. The van der Waals surface area contributed by atoms with E-state index < -0.39 is 38.7 Å². The van der Waals surface area contributed by atoms with Crippen molar-refractivity contribution in [3.8, 4) is 16.9 Å². The van der Waals surface area contributed by atoms with Crippen molar-refractivity contribution in [2.24, 2.45) is 0 Å². The van der Waals surface area contributed by atoms with Crippen LogP contribution in [0.1, 0.15) is 18.4 Å². The molecule has 0 aromatic heterocycles. The Labute approximate surface area is 214 Å². The number of anilines is 1. The second kappa shape index (κ2) is 9.84. The molecule has 0 aliphatic carbocycles. The summed E-state index contributed by atoms with van der Waals surface area (Å²) < 4.78 is 73.9. The number of carboxylic acids is 1. The lowest BCUT2D eigenvalue weighted by molar-refractivity contribution is -0.138. The van der Waals surface area contributed by atoms with Gasteiger partial charge in [0.05, 0.1) is 22.7 Å². The summed E-state index contributed by atoms with van der Waals surface area (Å²) in [4.78, 5) is 10.5. The van der Waals surface area contributed by atoms with Gasteiger partial charge in [0.25, 0.3) is 10.0 Å². The maximum absolute atomic E-state index is 13.6. The first-order valence-corrected chi connectivity index (χ1v) is 12.7. The largest absolute Gasteiger partial charge is 0.486 e. The maximum atomic E-state index is 13.6. The van der Waals surface area contributed by atoms with Crippen molar-refractivity contribution in [1.82, 2.24) is 0 Å². The molecule has 1 heterocycles. The molecule has 0 saturated carbocycles. The normalized spacial score (nSPS) is 15.8. The molecule has 1 atom stereocenters. The van der Waals surface area contributed by atoms with Gasteiger partial charge < -0.3 is 9.84 Å². The minimum atomic E-state index is -4.74. The number of rotatable bonds is 6. The van der Waals surface area contributed by atoms with Crippen LogP contribution in [-0.4, -0.2) is 32.1 Å². The van der Waals surface area contributed by atoms with Gasteiger partial charge in [-0.1, -0.05) is 41.4 Å². The summed E-state index contributed by atoms with van der Waals surface area (Å²) in [7, 11) is -4.49. The molecule has 36 heavy (non-hydrogen) atoms. The van der Waals surface area contributed by atoms with E-state index >= 15 is 0 Å². The minimum Gasteiger partial charge on any atom is -0.486 e. The van der Waals surface area contributed by atoms with Crippen LogP contribution in [-0.2, 0) is 21.0 Å². The summed E-state index contributed by atoms with van der Waals surface area (Å²) in [5.41, 5.74) is 0.0456. The van der Waals surface area contributed by atoms with Gasteiger partial charge in [-0.3, -0.25) is 9.10 Å². The number of ether oxygens (including phenoxy) is 1. The molecule has 0 unspecified atom stereocenters. The predicted molar refractivity (Wildman–Crippen MR) is 129 cm³/mol. The lowest BCUT2D eigenvalue weighted by Gasteiger charge is -2.36. The Morgan fingerprint density at radius 2 is 1.83 bits per heavy atom. The van der Waals surface area contributed by atoms with E-state index in [1.165, 1.54) is 18.2 Å². The van der Waals surface area contributed by atoms with Crippen LogP contribution in [0.4, 0.5) is 18.9 Å². The summed E-state index contributed by atoms with van der Waals surface area (Å²) in [6, 6.07) is 12.9. The molecule has 6 nitrogen and oxygen atoms in total. The number of hydrogen-bond acceptors (Lipinski definition) is 4. The second-order valence-electron chi connectivity index (χ2n) is 8.04. The van der Waals surface area contributed by atoms with E-state index in [0.29, 0.717) is 27.2 Å². The molecule has 3 aromatic rings. The highest BCUT2D eigenvalue weighted by Crippen LogP contribution is 2.42. The Bertz CT molecular complexity index is 1430. The zero-order chi connectivity index (χ0) is 26.3. The quantitative estimate of drug-likeness (QED) is 0.372. The molecule has 3 aromatic carbocycles. The fourth-order valence-corrected chi connectivity index (χ4v) is 5.89. The summed E-state index contributed by atoms with van der Waals surface area (Å²) in [6.45, 7) is -0.295. The number of carbonyl (C=O) groups is 1. The number of fused-ring (bicyclic) bond motifs is 1. The molecule has 0 bridgehead atoms. The van der Waals surface area contributed by atoms with E-state index in [9.17, 15) is 26.4 Å². The van der Waals surface area contributed by atoms with Crippen LogP contribution in [0.3, 0.4) is 0 Å². The van der Waals surface area contributed by atoms with Crippen LogP contribution in [0.15, 0.2) is 65.6 Å². The number of aliphatic carboxylic acids is 1. The van der Waals surface area contributed by atoms with Gasteiger partial charge in [0.1, 0.15) is 11.9 Å². The molecule has 190 valence electrons. The molecular formula is C24H18Cl2F3NO5S. The Morgan fingerprint density at radius 1 is 1.08 bits per heavy atom. The van der Waals surface area contributed by atoms with Crippen LogP contribution in [0.2, 0.25) is 10.0 Å². The molecule has 0 radical (unpaired) electrons. The highest BCUT2D eigenvalue weighted by Gasteiger charge is 2.37. The van der Waals surface area contributed by atoms with Crippen LogP contribution >= 0.6 is 23.2 Å². The zero-order valence-electron chi connectivity index (χ0n) is 18.3. The third-order valence-electron chi connectivity index (χ3n) is 5.56. The molecule has 0 spiro atoms. The van der Waals surface area contributed by atoms with E-state index in [0.717, 1.165) is 22.5 Å². The van der Waals surface area contributed by atoms with Crippen molar-refractivity contribution in [3.63, 3.8) is 0 Å². The molecule has 0 amide bonds. The molecule has 1 aliphatic heterocycles. The van der Waals surface area contributed by atoms with Crippen molar-refractivity contribution >= 4 is 44.9 Å². The number of nitrogens with zero attached hydrogens (tertiary/aromatic N) is 1. The number of carboxylic acid groups (broad SMARTS) is 1.